The van der Waals surface area contributed by atoms with Gasteiger partial charge < -0.3 is 20.1 Å². The molecule has 1 aliphatic rings. The summed E-state index contributed by atoms with van der Waals surface area (Å²) in [7, 11) is 0. The van der Waals surface area contributed by atoms with E-state index >= 15 is 0 Å². The number of amides is 1. The Hall–Kier alpha value is -3.94. The lowest BCUT2D eigenvalue weighted by molar-refractivity contribution is -0.116. The van der Waals surface area contributed by atoms with Crippen LogP contribution >= 0.6 is 0 Å². The molecule has 0 unspecified atom stereocenters. The fourth-order valence-electron chi connectivity index (χ4n) is 3.58. The highest BCUT2D eigenvalue weighted by molar-refractivity contribution is 6.04. The molecule has 0 saturated heterocycles. The van der Waals surface area contributed by atoms with Gasteiger partial charge in [0.15, 0.2) is 0 Å². The van der Waals surface area contributed by atoms with Gasteiger partial charge >= 0.3 is 11.9 Å². The minimum Gasteiger partial charge on any atom is -0.478 e. The quantitative estimate of drug-likeness (QED) is 0.628. The molecule has 3 N–H and O–H groups in total. The summed E-state index contributed by atoms with van der Waals surface area (Å²) in [6.45, 7) is 0. The van der Waals surface area contributed by atoms with Crippen molar-refractivity contribution < 1.29 is 29.0 Å². The fourth-order valence-corrected chi connectivity index (χ4v) is 3.58. The summed E-state index contributed by atoms with van der Waals surface area (Å²) in [5.74, 6) is -3.54. The summed E-state index contributed by atoms with van der Waals surface area (Å²) in [5, 5.41) is 21.3. The van der Waals surface area contributed by atoms with Gasteiger partial charge in [0.05, 0.1) is 16.9 Å². The van der Waals surface area contributed by atoms with E-state index in [1.807, 2.05) is 0 Å². The van der Waals surface area contributed by atoms with Gasteiger partial charge in [0.1, 0.15) is 11.4 Å². The molecule has 0 saturated carbocycles. The Morgan fingerprint density at radius 3 is 2.24 bits per heavy atom. The predicted molar refractivity (Wildman–Crippen MR) is 101 cm³/mol. The summed E-state index contributed by atoms with van der Waals surface area (Å²) in [5.41, 5.74) is 1.96. The van der Waals surface area contributed by atoms with Crippen molar-refractivity contribution in [1.29, 1.82) is 0 Å². The number of carboxylic acid groups (broad SMARTS) is 2. The van der Waals surface area contributed by atoms with Crippen LogP contribution in [0.5, 0.6) is 0 Å². The van der Waals surface area contributed by atoms with E-state index < -0.39 is 23.7 Å². The number of fused-ring (bicyclic) bond motifs is 1. The molecule has 0 radical (unpaired) electrons. The van der Waals surface area contributed by atoms with Crippen LogP contribution in [0.3, 0.4) is 0 Å². The number of nitrogens with one attached hydrogen (secondary N) is 1. The standard InChI is InChI=1S/C21H15FN2O5/c22-13-5-7-14(8-6-13)24-10-16(21(28)29)18-19(24)15(9-17(25)23-18)11-1-3-12(4-2-11)20(26)27/h1-8,10,15H,9H2,(H,23,25)(H,26,27)(H,28,29)/t15-/m0/s1. The zero-order chi connectivity index (χ0) is 20.7. The maximum atomic E-state index is 13.4. The van der Waals surface area contributed by atoms with Crippen LogP contribution in [-0.2, 0) is 4.79 Å². The van der Waals surface area contributed by atoms with E-state index in [2.05, 4.69) is 5.32 Å². The average Bonchev–Trinajstić information content (AvgIpc) is 3.07. The number of carboxylic acids is 2. The van der Waals surface area contributed by atoms with Gasteiger partial charge in [-0.3, -0.25) is 4.79 Å². The Morgan fingerprint density at radius 2 is 1.66 bits per heavy atom. The summed E-state index contributed by atoms with van der Waals surface area (Å²) >= 11 is 0. The molecule has 1 atom stereocenters. The molecule has 2 aromatic carbocycles. The first-order valence-electron chi connectivity index (χ1n) is 8.72. The molecule has 1 aromatic heterocycles. The van der Waals surface area contributed by atoms with Crippen LogP contribution in [0.25, 0.3) is 5.69 Å². The van der Waals surface area contributed by atoms with E-state index in [1.165, 1.54) is 42.6 Å². The molecule has 146 valence electrons. The molecule has 2 heterocycles. The molecular weight excluding hydrogens is 379 g/mol. The van der Waals surface area contributed by atoms with Crippen molar-refractivity contribution in [2.45, 2.75) is 12.3 Å². The third kappa shape index (κ3) is 3.25. The number of halogens is 1. The van der Waals surface area contributed by atoms with E-state index in [-0.39, 0.29) is 29.1 Å². The zero-order valence-electron chi connectivity index (χ0n) is 14.9. The van der Waals surface area contributed by atoms with Gasteiger partial charge in [0.25, 0.3) is 0 Å². The first kappa shape index (κ1) is 18.4. The Morgan fingerprint density at radius 1 is 1.00 bits per heavy atom. The maximum Gasteiger partial charge on any atom is 0.339 e. The SMILES string of the molecule is O=C1C[C@@H](c2ccc(C(=O)O)cc2)c2c(c(C(=O)O)cn2-c2ccc(F)cc2)N1. The number of anilines is 1. The van der Waals surface area contributed by atoms with Crippen LogP contribution in [0, 0.1) is 5.82 Å². The van der Waals surface area contributed by atoms with Gasteiger partial charge in [-0.05, 0) is 42.0 Å². The third-order valence-electron chi connectivity index (χ3n) is 4.92. The van der Waals surface area contributed by atoms with Gasteiger partial charge in [0.2, 0.25) is 5.91 Å². The molecule has 7 nitrogen and oxygen atoms in total. The van der Waals surface area contributed by atoms with Gasteiger partial charge in [-0.25, -0.2) is 14.0 Å². The Labute approximate surface area is 164 Å². The van der Waals surface area contributed by atoms with Crippen molar-refractivity contribution in [2.24, 2.45) is 0 Å². The van der Waals surface area contributed by atoms with Crippen molar-refractivity contribution >= 4 is 23.5 Å². The third-order valence-corrected chi connectivity index (χ3v) is 4.92. The average molecular weight is 394 g/mol. The number of aromatic carboxylic acids is 2. The largest absolute Gasteiger partial charge is 0.478 e. The molecule has 1 amide bonds. The van der Waals surface area contributed by atoms with Gasteiger partial charge in [0, 0.05) is 24.2 Å². The van der Waals surface area contributed by atoms with E-state index in [9.17, 15) is 23.9 Å². The van der Waals surface area contributed by atoms with Gasteiger partial charge in [-0.15, -0.1) is 0 Å². The van der Waals surface area contributed by atoms with Crippen LogP contribution in [0.1, 0.15) is 44.3 Å². The number of hydrogen-bond donors (Lipinski definition) is 3. The lowest BCUT2D eigenvalue weighted by Crippen LogP contribution is -2.25. The molecule has 29 heavy (non-hydrogen) atoms. The van der Waals surface area contributed by atoms with Crippen molar-refractivity contribution in [3.05, 3.63) is 82.9 Å². The summed E-state index contributed by atoms with van der Waals surface area (Å²) < 4.78 is 15.0. The highest BCUT2D eigenvalue weighted by Gasteiger charge is 2.34. The normalized spacial score (nSPS) is 15.5. The maximum absolute atomic E-state index is 13.4. The monoisotopic (exact) mass is 394 g/mol. The number of aromatic nitrogens is 1. The molecule has 8 heteroatoms. The summed E-state index contributed by atoms with van der Waals surface area (Å²) in [6.07, 6.45) is 1.45. The van der Waals surface area contributed by atoms with E-state index in [1.54, 1.807) is 16.7 Å². The number of carbonyl (C=O) groups excluding carboxylic acids is 1. The zero-order valence-corrected chi connectivity index (χ0v) is 14.9. The minimum absolute atomic E-state index is 0.0592. The lowest BCUT2D eigenvalue weighted by Gasteiger charge is -2.26. The van der Waals surface area contributed by atoms with Gasteiger partial charge in [-0.1, -0.05) is 12.1 Å². The Bertz CT molecular complexity index is 1130. The number of nitrogens with zero attached hydrogens (tertiary/aromatic N) is 1. The second-order valence-corrected chi connectivity index (χ2v) is 6.69. The second kappa shape index (κ2) is 6.90. The molecule has 0 bridgehead atoms. The van der Waals surface area contributed by atoms with Crippen LogP contribution in [0.2, 0.25) is 0 Å². The summed E-state index contributed by atoms with van der Waals surface area (Å²) in [4.78, 5) is 35.2. The summed E-state index contributed by atoms with van der Waals surface area (Å²) in [6, 6.07) is 11.7. The smallest absolute Gasteiger partial charge is 0.339 e. The van der Waals surface area contributed by atoms with Crippen molar-refractivity contribution in [1.82, 2.24) is 4.57 Å². The Balaban J connectivity index is 1.91. The molecule has 3 aromatic rings. The van der Waals surface area contributed by atoms with E-state index in [0.717, 1.165) is 0 Å². The molecule has 0 aliphatic carbocycles. The Kier molecular flexibility index (Phi) is 4.38. The highest BCUT2D eigenvalue weighted by Crippen LogP contribution is 2.41. The highest BCUT2D eigenvalue weighted by atomic mass is 19.1. The second-order valence-electron chi connectivity index (χ2n) is 6.69. The predicted octanol–water partition coefficient (Wildman–Crippen LogP) is 3.49. The first-order valence-corrected chi connectivity index (χ1v) is 8.72. The van der Waals surface area contributed by atoms with E-state index in [0.29, 0.717) is 16.9 Å². The van der Waals surface area contributed by atoms with Crippen LogP contribution in [0.15, 0.2) is 54.7 Å². The molecular formula is C21H15FN2O5. The first-order chi connectivity index (χ1) is 13.8. The van der Waals surface area contributed by atoms with Crippen LogP contribution < -0.4 is 5.32 Å². The van der Waals surface area contributed by atoms with Crippen LogP contribution in [0.4, 0.5) is 10.1 Å². The van der Waals surface area contributed by atoms with Crippen LogP contribution in [-0.4, -0.2) is 32.6 Å². The number of carbonyl (C=O) groups is 3. The molecule has 1 aliphatic heterocycles. The molecule has 0 fully saturated rings. The number of hydrogen-bond acceptors (Lipinski definition) is 3. The minimum atomic E-state index is -1.20. The van der Waals surface area contributed by atoms with Crippen molar-refractivity contribution in [3.63, 3.8) is 0 Å². The number of rotatable bonds is 4. The number of benzene rings is 2. The molecule has 4 rings (SSSR count). The topological polar surface area (TPSA) is 109 Å². The van der Waals surface area contributed by atoms with E-state index in [4.69, 9.17) is 5.11 Å². The van der Waals surface area contributed by atoms with Crippen molar-refractivity contribution in [2.75, 3.05) is 5.32 Å². The van der Waals surface area contributed by atoms with Gasteiger partial charge in [-0.2, -0.15) is 0 Å². The molecule has 0 spiro atoms. The fraction of sp³-hybridized carbons (Fsp3) is 0.0952. The van der Waals surface area contributed by atoms with Crippen molar-refractivity contribution in [3.8, 4) is 5.69 Å². The lowest BCUT2D eigenvalue weighted by atomic mass is 9.87.